The molecule has 1 aliphatic carbocycles. The van der Waals surface area contributed by atoms with E-state index in [2.05, 4.69) is 5.32 Å². The minimum absolute atomic E-state index is 0.0423. The van der Waals surface area contributed by atoms with Crippen LogP contribution < -0.4 is 5.32 Å². The highest BCUT2D eigenvalue weighted by molar-refractivity contribution is 6.68. The topological polar surface area (TPSA) is 29.1 Å². The second-order valence-electron chi connectivity index (χ2n) is 6.18. The molecule has 0 aromatic heterocycles. The number of alkyl halides is 3. The van der Waals surface area contributed by atoms with Crippen molar-refractivity contribution in [2.45, 2.75) is 23.7 Å². The quantitative estimate of drug-likeness (QED) is 0.618. The van der Waals surface area contributed by atoms with Crippen molar-refractivity contribution in [2.24, 2.45) is 17.3 Å². The Kier molecular flexibility index (Phi) is 5.86. The SMILES string of the molecule is CC1(C)[C@H](C(=O)N[C@@H](c2ccccc2)C(Cl)(Cl)Cl)[C@@H]1C=C(Cl)Cl. The first kappa shape index (κ1) is 19.2. The van der Waals surface area contributed by atoms with E-state index in [0.717, 1.165) is 5.56 Å². The predicted octanol–water partition coefficient (Wildman–Crippen LogP) is 5.81. The molecule has 126 valence electrons. The Morgan fingerprint density at radius 2 is 1.78 bits per heavy atom. The molecule has 0 saturated heterocycles. The van der Waals surface area contributed by atoms with Crippen LogP contribution in [-0.2, 0) is 4.79 Å². The van der Waals surface area contributed by atoms with E-state index >= 15 is 0 Å². The molecular formula is C16H16Cl5NO. The lowest BCUT2D eigenvalue weighted by atomic mass is 10.1. The molecule has 1 fully saturated rings. The van der Waals surface area contributed by atoms with Crippen LogP contribution in [0.15, 0.2) is 40.9 Å². The monoisotopic (exact) mass is 413 g/mol. The molecule has 1 N–H and O–H groups in total. The van der Waals surface area contributed by atoms with Gasteiger partial charge < -0.3 is 5.32 Å². The van der Waals surface area contributed by atoms with Crippen LogP contribution in [0, 0.1) is 17.3 Å². The predicted molar refractivity (Wildman–Crippen MR) is 98.2 cm³/mol. The van der Waals surface area contributed by atoms with E-state index in [1.54, 1.807) is 18.2 Å². The standard InChI is InChI=1S/C16H16Cl5NO/c1-15(2)10(8-11(17)18)12(15)14(23)22-13(16(19,20)21)9-6-4-3-5-7-9/h3-8,10,12-13H,1-2H3,(H,22,23)/t10-,12-,13-/m0/s1. The fraction of sp³-hybridized carbons (Fsp3) is 0.438. The lowest BCUT2D eigenvalue weighted by Crippen LogP contribution is -2.38. The molecule has 3 atom stereocenters. The molecule has 7 heteroatoms. The second-order valence-corrected chi connectivity index (χ2v) is 9.55. The lowest BCUT2D eigenvalue weighted by Gasteiger charge is -2.26. The highest BCUT2D eigenvalue weighted by atomic mass is 35.6. The molecule has 2 rings (SSSR count). The van der Waals surface area contributed by atoms with E-state index in [9.17, 15) is 4.79 Å². The number of amides is 1. The van der Waals surface area contributed by atoms with Gasteiger partial charge in [-0.25, -0.2) is 0 Å². The molecule has 1 aromatic carbocycles. The van der Waals surface area contributed by atoms with Crippen LogP contribution in [0.5, 0.6) is 0 Å². The lowest BCUT2D eigenvalue weighted by molar-refractivity contribution is -0.123. The van der Waals surface area contributed by atoms with E-state index < -0.39 is 9.83 Å². The summed E-state index contributed by atoms with van der Waals surface area (Å²) in [6.45, 7) is 3.95. The summed E-state index contributed by atoms with van der Waals surface area (Å²) < 4.78 is -1.51. The van der Waals surface area contributed by atoms with Gasteiger partial charge in [0.05, 0.1) is 5.92 Å². The van der Waals surface area contributed by atoms with Gasteiger partial charge in [-0.1, -0.05) is 102 Å². The summed E-state index contributed by atoms with van der Waals surface area (Å²) in [6.07, 6.45) is 1.68. The van der Waals surface area contributed by atoms with Gasteiger partial charge in [0, 0.05) is 0 Å². The summed E-state index contributed by atoms with van der Waals surface area (Å²) in [5.41, 5.74) is 0.482. The third-order valence-electron chi connectivity index (χ3n) is 4.25. The van der Waals surface area contributed by atoms with E-state index in [1.807, 2.05) is 32.0 Å². The molecule has 2 nitrogen and oxygen atoms in total. The zero-order valence-corrected chi connectivity index (χ0v) is 16.3. The molecule has 0 spiro atoms. The third-order valence-corrected chi connectivity index (χ3v) is 5.15. The average molecular weight is 416 g/mol. The van der Waals surface area contributed by atoms with Crippen molar-refractivity contribution in [3.05, 3.63) is 46.5 Å². The normalized spacial score (nSPS) is 23.8. The average Bonchev–Trinajstić information content (AvgIpc) is 2.96. The van der Waals surface area contributed by atoms with Crippen LogP contribution in [0.25, 0.3) is 0 Å². The maximum Gasteiger partial charge on any atom is 0.224 e. The molecule has 0 bridgehead atoms. The number of benzene rings is 1. The summed E-state index contributed by atoms with van der Waals surface area (Å²) in [6, 6.07) is 8.37. The molecule has 23 heavy (non-hydrogen) atoms. The van der Waals surface area contributed by atoms with Gasteiger partial charge in [0.15, 0.2) is 0 Å². The van der Waals surface area contributed by atoms with E-state index in [-0.39, 0.29) is 27.6 Å². The number of carbonyl (C=O) groups excluding carboxylic acids is 1. The van der Waals surface area contributed by atoms with Gasteiger partial charge in [0.1, 0.15) is 10.5 Å². The zero-order chi connectivity index (χ0) is 17.4. The van der Waals surface area contributed by atoms with Crippen LogP contribution >= 0.6 is 58.0 Å². The smallest absolute Gasteiger partial charge is 0.224 e. The van der Waals surface area contributed by atoms with Crippen LogP contribution in [0.1, 0.15) is 25.5 Å². The molecule has 1 saturated carbocycles. The van der Waals surface area contributed by atoms with Crippen molar-refractivity contribution < 1.29 is 4.79 Å². The number of halogens is 5. The van der Waals surface area contributed by atoms with Gasteiger partial charge in [0.25, 0.3) is 0 Å². The highest BCUT2D eigenvalue weighted by Crippen LogP contribution is 2.60. The third kappa shape index (κ3) is 4.49. The number of nitrogens with one attached hydrogen (secondary N) is 1. The van der Waals surface area contributed by atoms with Crippen LogP contribution in [0.4, 0.5) is 0 Å². The van der Waals surface area contributed by atoms with E-state index in [1.165, 1.54) is 0 Å². The number of carbonyl (C=O) groups is 1. The van der Waals surface area contributed by atoms with Crippen molar-refractivity contribution in [2.75, 3.05) is 0 Å². The summed E-state index contributed by atoms with van der Waals surface area (Å²) in [5.74, 6) is -0.501. The number of rotatable bonds is 4. The maximum absolute atomic E-state index is 12.6. The van der Waals surface area contributed by atoms with Gasteiger partial charge in [-0.2, -0.15) is 0 Å². The van der Waals surface area contributed by atoms with Gasteiger partial charge in [-0.15, -0.1) is 0 Å². The summed E-state index contributed by atoms with van der Waals surface area (Å²) in [7, 11) is 0. The summed E-state index contributed by atoms with van der Waals surface area (Å²) >= 11 is 29.6. The fourth-order valence-corrected chi connectivity index (χ4v) is 3.67. The second kappa shape index (κ2) is 7.01. The molecule has 0 unspecified atom stereocenters. The maximum atomic E-state index is 12.6. The van der Waals surface area contributed by atoms with Crippen molar-refractivity contribution in [1.29, 1.82) is 0 Å². The van der Waals surface area contributed by atoms with E-state index in [4.69, 9.17) is 58.0 Å². The Hall–Kier alpha value is -0.120. The Labute approximate surface area is 161 Å². The van der Waals surface area contributed by atoms with Crippen molar-refractivity contribution in [3.8, 4) is 0 Å². The Morgan fingerprint density at radius 1 is 1.22 bits per heavy atom. The number of hydrogen-bond donors (Lipinski definition) is 1. The minimum Gasteiger partial charge on any atom is -0.345 e. The molecular weight excluding hydrogens is 399 g/mol. The molecule has 1 amide bonds. The van der Waals surface area contributed by atoms with Gasteiger partial charge >= 0.3 is 0 Å². The molecule has 0 radical (unpaired) electrons. The molecule has 0 heterocycles. The summed E-state index contributed by atoms with van der Waals surface area (Å²) in [4.78, 5) is 12.6. The number of hydrogen-bond acceptors (Lipinski definition) is 1. The van der Waals surface area contributed by atoms with Crippen LogP contribution in [-0.4, -0.2) is 9.70 Å². The largest absolute Gasteiger partial charge is 0.345 e. The Bertz CT molecular complexity index is 605. The van der Waals surface area contributed by atoms with Crippen LogP contribution in [0.2, 0.25) is 0 Å². The van der Waals surface area contributed by atoms with Gasteiger partial charge in [-0.05, 0) is 23.0 Å². The molecule has 1 aromatic rings. The van der Waals surface area contributed by atoms with Crippen molar-refractivity contribution >= 4 is 63.9 Å². The first-order valence-electron chi connectivity index (χ1n) is 7.00. The number of allylic oxidation sites excluding steroid dienone is 1. The minimum atomic E-state index is -1.66. The van der Waals surface area contributed by atoms with E-state index in [0.29, 0.717) is 0 Å². The van der Waals surface area contributed by atoms with Gasteiger partial charge in [0.2, 0.25) is 9.70 Å². The summed E-state index contributed by atoms with van der Waals surface area (Å²) in [5, 5.41) is 2.84. The highest BCUT2D eigenvalue weighted by Gasteiger charge is 2.61. The zero-order valence-electron chi connectivity index (χ0n) is 12.5. The Balaban J connectivity index is 2.19. The van der Waals surface area contributed by atoms with Gasteiger partial charge in [-0.3, -0.25) is 4.79 Å². The van der Waals surface area contributed by atoms with Crippen molar-refractivity contribution in [1.82, 2.24) is 5.32 Å². The molecule has 1 aliphatic rings. The first-order chi connectivity index (χ1) is 10.5. The van der Waals surface area contributed by atoms with Crippen molar-refractivity contribution in [3.63, 3.8) is 0 Å². The Morgan fingerprint density at radius 3 is 2.26 bits per heavy atom. The van der Waals surface area contributed by atoms with Crippen LogP contribution in [0.3, 0.4) is 0 Å². The first-order valence-corrected chi connectivity index (χ1v) is 8.89. The molecule has 0 aliphatic heterocycles. The fourth-order valence-electron chi connectivity index (χ4n) is 2.86.